The van der Waals surface area contributed by atoms with E-state index in [9.17, 15) is 4.79 Å². The number of hydrogen-bond donors (Lipinski definition) is 1. The van der Waals surface area contributed by atoms with Crippen molar-refractivity contribution in [2.75, 3.05) is 26.2 Å². The highest BCUT2D eigenvalue weighted by atomic mass is 79.9. The van der Waals surface area contributed by atoms with Crippen LogP contribution in [0.3, 0.4) is 0 Å². The fourth-order valence-electron chi connectivity index (χ4n) is 2.04. The lowest BCUT2D eigenvalue weighted by Gasteiger charge is -2.19. The standard InChI is InChI=1S/C15H22Br2N2O2/c1-4-19(5-2)14(20)10-18-9-11-7-12(16)8-13(17)15(11)21-6-3/h7-8,18H,4-6,9-10H2,1-3H3. The van der Waals surface area contributed by atoms with Crippen LogP contribution >= 0.6 is 31.9 Å². The summed E-state index contributed by atoms with van der Waals surface area (Å²) in [6, 6.07) is 3.96. The molecule has 0 saturated carbocycles. The van der Waals surface area contributed by atoms with Crippen LogP contribution in [-0.2, 0) is 11.3 Å². The van der Waals surface area contributed by atoms with E-state index in [2.05, 4.69) is 37.2 Å². The number of carbonyl (C=O) groups excluding carboxylic acids is 1. The summed E-state index contributed by atoms with van der Waals surface area (Å²) in [4.78, 5) is 13.8. The maximum absolute atomic E-state index is 12.0. The molecule has 0 spiro atoms. The number of rotatable bonds is 8. The van der Waals surface area contributed by atoms with Gasteiger partial charge in [-0.05, 0) is 48.8 Å². The molecule has 4 nitrogen and oxygen atoms in total. The second-order valence-corrected chi connectivity index (χ2v) is 6.25. The minimum Gasteiger partial charge on any atom is -0.492 e. The topological polar surface area (TPSA) is 41.6 Å². The van der Waals surface area contributed by atoms with Crippen LogP contribution in [0.25, 0.3) is 0 Å². The van der Waals surface area contributed by atoms with E-state index in [1.165, 1.54) is 0 Å². The summed E-state index contributed by atoms with van der Waals surface area (Å²) in [7, 11) is 0. The van der Waals surface area contributed by atoms with E-state index in [4.69, 9.17) is 4.74 Å². The number of nitrogens with zero attached hydrogens (tertiary/aromatic N) is 1. The third-order valence-electron chi connectivity index (χ3n) is 3.08. The number of likely N-dealkylation sites (N-methyl/N-ethyl adjacent to an activating group) is 1. The fourth-order valence-corrected chi connectivity index (χ4v) is 3.47. The lowest BCUT2D eigenvalue weighted by molar-refractivity contribution is -0.129. The zero-order valence-corrected chi connectivity index (χ0v) is 15.9. The molecule has 1 rings (SSSR count). The second-order valence-electron chi connectivity index (χ2n) is 4.48. The Morgan fingerprint density at radius 1 is 1.24 bits per heavy atom. The molecule has 21 heavy (non-hydrogen) atoms. The molecule has 118 valence electrons. The number of ether oxygens (including phenoxy) is 1. The molecule has 0 atom stereocenters. The third kappa shape index (κ3) is 5.60. The van der Waals surface area contributed by atoms with Crippen LogP contribution in [0.5, 0.6) is 5.75 Å². The van der Waals surface area contributed by atoms with Crippen molar-refractivity contribution < 1.29 is 9.53 Å². The van der Waals surface area contributed by atoms with Crippen molar-refractivity contribution in [2.24, 2.45) is 0 Å². The number of nitrogens with one attached hydrogen (secondary N) is 1. The molecule has 1 amide bonds. The van der Waals surface area contributed by atoms with Crippen LogP contribution in [0.1, 0.15) is 26.3 Å². The van der Waals surface area contributed by atoms with E-state index >= 15 is 0 Å². The Morgan fingerprint density at radius 2 is 1.90 bits per heavy atom. The van der Waals surface area contributed by atoms with Gasteiger partial charge in [0.2, 0.25) is 5.91 Å². The van der Waals surface area contributed by atoms with Crippen LogP contribution in [0, 0.1) is 0 Å². The van der Waals surface area contributed by atoms with Crippen LogP contribution < -0.4 is 10.1 Å². The van der Waals surface area contributed by atoms with Gasteiger partial charge >= 0.3 is 0 Å². The first-order valence-electron chi connectivity index (χ1n) is 7.12. The lowest BCUT2D eigenvalue weighted by atomic mass is 10.2. The molecule has 0 saturated heterocycles. The van der Waals surface area contributed by atoms with Gasteiger partial charge < -0.3 is 15.0 Å². The van der Waals surface area contributed by atoms with E-state index in [1.807, 2.05) is 37.8 Å². The summed E-state index contributed by atoms with van der Waals surface area (Å²) < 4.78 is 7.55. The molecule has 0 heterocycles. The predicted octanol–water partition coefficient (Wildman–Crippen LogP) is 3.57. The van der Waals surface area contributed by atoms with Gasteiger partial charge in [-0.2, -0.15) is 0 Å². The first-order valence-corrected chi connectivity index (χ1v) is 8.71. The van der Waals surface area contributed by atoms with Crippen LogP contribution in [-0.4, -0.2) is 37.0 Å². The molecular weight excluding hydrogens is 400 g/mol. The molecule has 1 N–H and O–H groups in total. The third-order valence-corrected chi connectivity index (χ3v) is 4.13. The highest BCUT2D eigenvalue weighted by molar-refractivity contribution is 9.11. The molecule has 0 radical (unpaired) electrons. The quantitative estimate of drug-likeness (QED) is 0.697. The van der Waals surface area contributed by atoms with Crippen molar-refractivity contribution in [2.45, 2.75) is 27.3 Å². The van der Waals surface area contributed by atoms with E-state index < -0.39 is 0 Å². The molecular formula is C15H22Br2N2O2. The van der Waals surface area contributed by atoms with Crippen molar-refractivity contribution in [1.29, 1.82) is 0 Å². The molecule has 1 aromatic carbocycles. The van der Waals surface area contributed by atoms with Gasteiger partial charge in [-0.3, -0.25) is 4.79 Å². The Kier molecular flexibility index (Phi) is 8.29. The number of hydrogen-bond acceptors (Lipinski definition) is 3. The molecule has 0 bridgehead atoms. The lowest BCUT2D eigenvalue weighted by Crippen LogP contribution is -2.37. The smallest absolute Gasteiger partial charge is 0.236 e. The van der Waals surface area contributed by atoms with Gasteiger partial charge in [0.15, 0.2) is 0 Å². The minimum atomic E-state index is 0.118. The first-order chi connectivity index (χ1) is 10.0. The summed E-state index contributed by atoms with van der Waals surface area (Å²) in [5.41, 5.74) is 1.02. The number of amides is 1. The monoisotopic (exact) mass is 420 g/mol. The summed E-state index contributed by atoms with van der Waals surface area (Å²) in [6.07, 6.45) is 0. The zero-order chi connectivity index (χ0) is 15.8. The van der Waals surface area contributed by atoms with E-state index in [0.717, 1.165) is 33.3 Å². The highest BCUT2D eigenvalue weighted by Crippen LogP contribution is 2.32. The SMILES string of the molecule is CCOc1c(Br)cc(Br)cc1CNCC(=O)N(CC)CC. The second kappa shape index (κ2) is 9.43. The van der Waals surface area contributed by atoms with E-state index in [1.54, 1.807) is 0 Å². The Hall–Kier alpha value is -0.590. The molecule has 0 aliphatic rings. The van der Waals surface area contributed by atoms with Crippen molar-refractivity contribution in [1.82, 2.24) is 10.2 Å². The molecule has 0 fully saturated rings. The number of benzene rings is 1. The number of carbonyl (C=O) groups is 1. The van der Waals surface area contributed by atoms with Crippen LogP contribution in [0.15, 0.2) is 21.1 Å². The largest absolute Gasteiger partial charge is 0.492 e. The zero-order valence-electron chi connectivity index (χ0n) is 12.7. The minimum absolute atomic E-state index is 0.118. The molecule has 0 aliphatic carbocycles. The van der Waals surface area contributed by atoms with E-state index in [-0.39, 0.29) is 5.91 Å². The molecule has 0 aromatic heterocycles. The van der Waals surface area contributed by atoms with Crippen molar-refractivity contribution in [3.8, 4) is 5.75 Å². The van der Waals surface area contributed by atoms with Crippen LogP contribution in [0.2, 0.25) is 0 Å². The molecule has 6 heteroatoms. The molecule has 0 unspecified atom stereocenters. The van der Waals surface area contributed by atoms with Crippen molar-refractivity contribution in [3.05, 3.63) is 26.6 Å². The Balaban J connectivity index is 2.68. The van der Waals surface area contributed by atoms with Crippen LogP contribution in [0.4, 0.5) is 0 Å². The molecule has 0 aliphatic heterocycles. The highest BCUT2D eigenvalue weighted by Gasteiger charge is 2.12. The summed E-state index contributed by atoms with van der Waals surface area (Å²) in [5, 5.41) is 3.19. The average molecular weight is 422 g/mol. The van der Waals surface area contributed by atoms with Gasteiger partial charge in [0.25, 0.3) is 0 Å². The van der Waals surface area contributed by atoms with Crippen molar-refractivity contribution >= 4 is 37.8 Å². The van der Waals surface area contributed by atoms with Gasteiger partial charge in [-0.15, -0.1) is 0 Å². The Morgan fingerprint density at radius 3 is 2.48 bits per heavy atom. The summed E-state index contributed by atoms with van der Waals surface area (Å²) in [5.74, 6) is 0.940. The van der Waals surface area contributed by atoms with Gasteiger partial charge in [-0.1, -0.05) is 15.9 Å². The van der Waals surface area contributed by atoms with Gasteiger partial charge in [0.05, 0.1) is 17.6 Å². The predicted molar refractivity (Wildman–Crippen MR) is 92.6 cm³/mol. The van der Waals surface area contributed by atoms with Gasteiger partial charge in [0, 0.05) is 29.7 Å². The first kappa shape index (κ1) is 18.5. The average Bonchev–Trinajstić information content (AvgIpc) is 2.43. The van der Waals surface area contributed by atoms with Gasteiger partial charge in [0.1, 0.15) is 5.75 Å². The van der Waals surface area contributed by atoms with Crippen molar-refractivity contribution in [3.63, 3.8) is 0 Å². The maximum atomic E-state index is 12.0. The molecule has 1 aromatic rings. The summed E-state index contributed by atoms with van der Waals surface area (Å²) >= 11 is 6.98. The van der Waals surface area contributed by atoms with Gasteiger partial charge in [-0.25, -0.2) is 0 Å². The Bertz CT molecular complexity index is 477. The fraction of sp³-hybridized carbons (Fsp3) is 0.533. The van der Waals surface area contributed by atoms with E-state index in [0.29, 0.717) is 19.7 Å². The normalized spacial score (nSPS) is 10.5. The number of halogens is 2. The summed E-state index contributed by atoms with van der Waals surface area (Å²) in [6.45, 7) is 8.92. The Labute approximate surface area is 143 Å². The maximum Gasteiger partial charge on any atom is 0.236 e.